The quantitative estimate of drug-likeness (QED) is 0.785. The fourth-order valence-corrected chi connectivity index (χ4v) is 3.17. The first kappa shape index (κ1) is 13.3. The molecule has 0 radical (unpaired) electrons. The van der Waals surface area contributed by atoms with Gasteiger partial charge >= 0.3 is 0 Å². The Morgan fingerprint density at radius 1 is 1.12 bits per heavy atom. The van der Waals surface area contributed by atoms with Crippen LogP contribution in [-0.4, -0.2) is 61.7 Å². The molecule has 3 nitrogen and oxygen atoms in total. The van der Waals surface area contributed by atoms with Crippen LogP contribution in [0.4, 0.5) is 0 Å². The third kappa shape index (κ3) is 3.94. The topological polar surface area (TPSA) is 18.5 Å². The Morgan fingerprint density at radius 2 is 1.82 bits per heavy atom. The summed E-state index contributed by atoms with van der Waals surface area (Å²) in [5.74, 6) is 0. The molecule has 17 heavy (non-hydrogen) atoms. The van der Waals surface area contributed by atoms with E-state index in [0.29, 0.717) is 6.04 Å². The molecule has 1 N–H and O–H groups in total. The van der Waals surface area contributed by atoms with Crippen molar-refractivity contribution in [3.05, 3.63) is 0 Å². The minimum Gasteiger partial charge on any atom is -0.314 e. The lowest BCUT2D eigenvalue weighted by atomic mass is 10.0. The van der Waals surface area contributed by atoms with Gasteiger partial charge in [0.25, 0.3) is 0 Å². The van der Waals surface area contributed by atoms with E-state index in [1.165, 1.54) is 58.3 Å². The Kier molecular flexibility index (Phi) is 5.26. The predicted molar refractivity (Wildman–Crippen MR) is 73.4 cm³/mol. The van der Waals surface area contributed by atoms with E-state index in [2.05, 4.69) is 29.1 Å². The van der Waals surface area contributed by atoms with Gasteiger partial charge in [-0.2, -0.15) is 0 Å². The minimum absolute atomic E-state index is 0.714. The molecule has 0 aliphatic carbocycles. The van der Waals surface area contributed by atoms with Gasteiger partial charge < -0.3 is 10.2 Å². The molecule has 3 heteroatoms. The summed E-state index contributed by atoms with van der Waals surface area (Å²) in [6.45, 7) is 8.61. The van der Waals surface area contributed by atoms with Crippen LogP contribution in [0.5, 0.6) is 0 Å². The van der Waals surface area contributed by atoms with Crippen molar-refractivity contribution in [2.45, 2.75) is 51.1 Å². The summed E-state index contributed by atoms with van der Waals surface area (Å²) in [6.07, 6.45) is 6.97. The molecule has 2 fully saturated rings. The third-order valence-electron chi connectivity index (χ3n) is 4.51. The summed E-state index contributed by atoms with van der Waals surface area (Å²) in [6, 6.07) is 1.49. The standard InChI is InChI=1S/C14H29N3/c1-13(17-9-5-6-10-17)11-15-12-14-7-3-4-8-16(14)2/h13-15H,3-12H2,1-2H3. The van der Waals surface area contributed by atoms with Crippen molar-refractivity contribution < 1.29 is 0 Å². The molecular formula is C14H29N3. The molecule has 2 saturated heterocycles. The second-order valence-corrected chi connectivity index (χ2v) is 5.88. The minimum atomic E-state index is 0.714. The summed E-state index contributed by atoms with van der Waals surface area (Å²) in [7, 11) is 2.27. The molecule has 0 spiro atoms. The van der Waals surface area contributed by atoms with Gasteiger partial charge in [0.05, 0.1) is 0 Å². The number of hydrogen-bond acceptors (Lipinski definition) is 3. The van der Waals surface area contributed by atoms with Crippen LogP contribution in [0.2, 0.25) is 0 Å². The van der Waals surface area contributed by atoms with Crippen LogP contribution in [0, 0.1) is 0 Å². The summed E-state index contributed by atoms with van der Waals surface area (Å²) < 4.78 is 0. The molecule has 2 atom stereocenters. The highest BCUT2D eigenvalue weighted by atomic mass is 15.2. The molecule has 0 aromatic heterocycles. The SMILES string of the molecule is CC(CNCC1CCCCN1C)N1CCCC1. The van der Waals surface area contributed by atoms with Crippen LogP contribution in [0.15, 0.2) is 0 Å². The van der Waals surface area contributed by atoms with Gasteiger partial charge in [0, 0.05) is 25.2 Å². The number of hydrogen-bond donors (Lipinski definition) is 1. The molecular weight excluding hydrogens is 210 g/mol. The van der Waals surface area contributed by atoms with E-state index in [0.717, 1.165) is 12.6 Å². The number of likely N-dealkylation sites (N-methyl/N-ethyl adjacent to an activating group) is 1. The van der Waals surface area contributed by atoms with Crippen LogP contribution < -0.4 is 5.32 Å². The number of rotatable bonds is 5. The Labute approximate surface area is 107 Å². The van der Waals surface area contributed by atoms with Crippen molar-refractivity contribution in [2.75, 3.05) is 39.8 Å². The smallest absolute Gasteiger partial charge is 0.0217 e. The molecule has 0 aromatic rings. The Morgan fingerprint density at radius 3 is 2.53 bits per heavy atom. The zero-order chi connectivity index (χ0) is 12.1. The Bertz CT molecular complexity index is 214. The first-order chi connectivity index (χ1) is 8.27. The molecule has 2 unspecified atom stereocenters. The maximum absolute atomic E-state index is 3.68. The second kappa shape index (κ2) is 6.72. The van der Waals surface area contributed by atoms with E-state index in [-0.39, 0.29) is 0 Å². The molecule has 0 aromatic carbocycles. The van der Waals surface area contributed by atoms with Gasteiger partial charge in [-0.25, -0.2) is 0 Å². The number of likely N-dealkylation sites (tertiary alicyclic amines) is 2. The highest BCUT2D eigenvalue weighted by Gasteiger charge is 2.20. The lowest BCUT2D eigenvalue weighted by Gasteiger charge is -2.33. The van der Waals surface area contributed by atoms with Gasteiger partial charge in [0.15, 0.2) is 0 Å². The van der Waals surface area contributed by atoms with Crippen molar-refractivity contribution in [3.8, 4) is 0 Å². The summed E-state index contributed by atoms with van der Waals surface area (Å²) in [4.78, 5) is 5.15. The Balaban J connectivity index is 1.61. The summed E-state index contributed by atoms with van der Waals surface area (Å²) >= 11 is 0. The van der Waals surface area contributed by atoms with Gasteiger partial charge in [0.2, 0.25) is 0 Å². The highest BCUT2D eigenvalue weighted by Crippen LogP contribution is 2.14. The van der Waals surface area contributed by atoms with Crippen LogP contribution >= 0.6 is 0 Å². The van der Waals surface area contributed by atoms with E-state index < -0.39 is 0 Å². The number of piperidine rings is 1. The predicted octanol–water partition coefficient (Wildman–Crippen LogP) is 1.54. The van der Waals surface area contributed by atoms with Gasteiger partial charge in [-0.3, -0.25) is 4.90 Å². The van der Waals surface area contributed by atoms with E-state index in [1.54, 1.807) is 0 Å². The fourth-order valence-electron chi connectivity index (χ4n) is 3.17. The van der Waals surface area contributed by atoms with Crippen LogP contribution in [0.3, 0.4) is 0 Å². The van der Waals surface area contributed by atoms with Gasteiger partial charge in [0.1, 0.15) is 0 Å². The zero-order valence-corrected chi connectivity index (χ0v) is 11.6. The lowest BCUT2D eigenvalue weighted by Crippen LogP contribution is -2.46. The normalized spacial score (nSPS) is 29.6. The molecule has 2 aliphatic rings. The van der Waals surface area contributed by atoms with Gasteiger partial charge in [-0.1, -0.05) is 6.42 Å². The van der Waals surface area contributed by atoms with Crippen LogP contribution in [-0.2, 0) is 0 Å². The van der Waals surface area contributed by atoms with E-state index in [9.17, 15) is 0 Å². The third-order valence-corrected chi connectivity index (χ3v) is 4.51. The summed E-state index contributed by atoms with van der Waals surface area (Å²) in [5.41, 5.74) is 0. The molecule has 2 aliphatic heterocycles. The zero-order valence-electron chi connectivity index (χ0n) is 11.6. The van der Waals surface area contributed by atoms with Crippen molar-refractivity contribution in [2.24, 2.45) is 0 Å². The largest absolute Gasteiger partial charge is 0.314 e. The van der Waals surface area contributed by atoms with Gasteiger partial charge in [-0.15, -0.1) is 0 Å². The highest BCUT2D eigenvalue weighted by molar-refractivity contribution is 4.79. The maximum Gasteiger partial charge on any atom is 0.0217 e. The molecule has 0 amide bonds. The average Bonchev–Trinajstić information content (AvgIpc) is 2.85. The van der Waals surface area contributed by atoms with E-state index >= 15 is 0 Å². The van der Waals surface area contributed by atoms with Crippen molar-refractivity contribution in [1.29, 1.82) is 0 Å². The number of nitrogens with one attached hydrogen (secondary N) is 1. The van der Waals surface area contributed by atoms with E-state index in [4.69, 9.17) is 0 Å². The first-order valence-corrected chi connectivity index (χ1v) is 7.42. The molecule has 0 saturated carbocycles. The van der Waals surface area contributed by atoms with Crippen molar-refractivity contribution >= 4 is 0 Å². The van der Waals surface area contributed by atoms with Crippen molar-refractivity contribution in [3.63, 3.8) is 0 Å². The average molecular weight is 239 g/mol. The molecule has 0 bridgehead atoms. The lowest BCUT2D eigenvalue weighted by molar-refractivity contribution is 0.175. The summed E-state index contributed by atoms with van der Waals surface area (Å²) in [5, 5.41) is 3.68. The van der Waals surface area contributed by atoms with Crippen LogP contribution in [0.1, 0.15) is 39.0 Å². The first-order valence-electron chi connectivity index (χ1n) is 7.42. The second-order valence-electron chi connectivity index (χ2n) is 5.88. The maximum atomic E-state index is 3.68. The van der Waals surface area contributed by atoms with Crippen LogP contribution in [0.25, 0.3) is 0 Å². The molecule has 2 heterocycles. The molecule has 2 rings (SSSR count). The fraction of sp³-hybridized carbons (Fsp3) is 1.00. The van der Waals surface area contributed by atoms with E-state index in [1.807, 2.05) is 0 Å². The van der Waals surface area contributed by atoms with Crippen molar-refractivity contribution in [1.82, 2.24) is 15.1 Å². The number of nitrogens with zero attached hydrogens (tertiary/aromatic N) is 2. The van der Waals surface area contributed by atoms with Gasteiger partial charge in [-0.05, 0) is 59.3 Å². The molecule has 100 valence electrons. The Hall–Kier alpha value is -0.120. The monoisotopic (exact) mass is 239 g/mol.